The van der Waals surface area contributed by atoms with Gasteiger partial charge < -0.3 is 5.32 Å². The smallest absolute Gasteiger partial charge is 0.271 e. The van der Waals surface area contributed by atoms with E-state index >= 15 is 0 Å². The topological polar surface area (TPSA) is 99.3 Å². The normalized spacial score (nSPS) is 10.9. The van der Waals surface area contributed by atoms with Crippen molar-refractivity contribution in [3.05, 3.63) is 76.7 Å². The first-order chi connectivity index (χ1) is 14.3. The van der Waals surface area contributed by atoms with Crippen molar-refractivity contribution in [2.45, 2.75) is 18.1 Å². The van der Waals surface area contributed by atoms with E-state index in [0.29, 0.717) is 0 Å². The molecule has 3 rings (SSSR count). The fourth-order valence-corrected chi connectivity index (χ4v) is 4.82. The molecular formula is C20H20N4O3S3. The van der Waals surface area contributed by atoms with Crippen LogP contribution in [0.25, 0.3) is 0 Å². The van der Waals surface area contributed by atoms with Gasteiger partial charge in [0.15, 0.2) is 5.11 Å². The molecule has 1 heterocycles. The van der Waals surface area contributed by atoms with Crippen LogP contribution in [-0.4, -0.2) is 19.4 Å². The number of rotatable bonds is 5. The fraction of sp³-hybridized carbons (Fsp3) is 0.100. The van der Waals surface area contributed by atoms with Crippen molar-refractivity contribution >= 4 is 56.0 Å². The van der Waals surface area contributed by atoms with Crippen LogP contribution in [0.5, 0.6) is 0 Å². The molecule has 0 unspecified atom stereocenters. The molecule has 0 fully saturated rings. The Morgan fingerprint density at radius 1 is 0.967 bits per heavy atom. The minimum absolute atomic E-state index is 0.152. The van der Waals surface area contributed by atoms with E-state index < -0.39 is 15.9 Å². The third-order valence-corrected chi connectivity index (χ3v) is 7.07. The molecule has 0 saturated carbocycles. The van der Waals surface area contributed by atoms with Crippen molar-refractivity contribution in [3.63, 3.8) is 0 Å². The van der Waals surface area contributed by atoms with Crippen molar-refractivity contribution in [3.8, 4) is 0 Å². The quantitative estimate of drug-likeness (QED) is 0.341. The predicted octanol–water partition coefficient (Wildman–Crippen LogP) is 3.80. The van der Waals surface area contributed by atoms with Gasteiger partial charge in [-0.1, -0.05) is 30.3 Å². The summed E-state index contributed by atoms with van der Waals surface area (Å²) >= 11 is 6.33. The molecule has 0 radical (unpaired) electrons. The molecule has 4 N–H and O–H groups in total. The van der Waals surface area contributed by atoms with Crippen LogP contribution < -0.4 is 20.9 Å². The van der Waals surface area contributed by atoms with Gasteiger partial charge in [-0.2, -0.15) is 0 Å². The Morgan fingerprint density at radius 3 is 2.47 bits per heavy atom. The molecule has 0 bridgehead atoms. The zero-order valence-electron chi connectivity index (χ0n) is 16.2. The molecule has 0 saturated heterocycles. The van der Waals surface area contributed by atoms with Crippen molar-refractivity contribution in [2.75, 3.05) is 10.0 Å². The molecule has 3 aromatic rings. The molecular weight excluding hydrogens is 440 g/mol. The summed E-state index contributed by atoms with van der Waals surface area (Å²) in [7, 11) is -3.78. The van der Waals surface area contributed by atoms with Gasteiger partial charge in [0.1, 0.15) is 4.21 Å². The van der Waals surface area contributed by atoms with E-state index in [9.17, 15) is 13.2 Å². The van der Waals surface area contributed by atoms with Gasteiger partial charge in [0.05, 0.1) is 11.3 Å². The summed E-state index contributed by atoms with van der Waals surface area (Å²) in [4.78, 5) is 12.6. The van der Waals surface area contributed by atoms with Crippen LogP contribution in [0.3, 0.4) is 0 Å². The molecule has 0 aliphatic heterocycles. The molecule has 7 nitrogen and oxygen atoms in total. The Labute approximate surface area is 184 Å². The van der Waals surface area contributed by atoms with Gasteiger partial charge in [-0.3, -0.25) is 20.4 Å². The van der Waals surface area contributed by atoms with Gasteiger partial charge >= 0.3 is 0 Å². The van der Waals surface area contributed by atoms with E-state index in [-0.39, 0.29) is 20.6 Å². The number of para-hydroxylation sites is 1. The Morgan fingerprint density at radius 2 is 1.73 bits per heavy atom. The number of hydrogen-bond acceptors (Lipinski definition) is 5. The Hall–Kier alpha value is -2.95. The van der Waals surface area contributed by atoms with Crippen molar-refractivity contribution in [1.82, 2.24) is 10.9 Å². The van der Waals surface area contributed by atoms with Crippen LogP contribution in [0.1, 0.15) is 21.5 Å². The number of thiocarbonyl (C=S) groups is 1. The van der Waals surface area contributed by atoms with E-state index in [0.717, 1.165) is 28.2 Å². The number of carbonyl (C=O) groups excluding carboxylic acids is 1. The minimum Gasteiger partial charge on any atom is -0.331 e. The molecule has 0 spiro atoms. The number of nitrogens with one attached hydrogen (secondary N) is 4. The number of sulfonamides is 1. The van der Waals surface area contributed by atoms with E-state index in [1.54, 1.807) is 23.6 Å². The van der Waals surface area contributed by atoms with Crippen LogP contribution in [0.2, 0.25) is 0 Å². The third-order valence-electron chi connectivity index (χ3n) is 4.11. The number of benzene rings is 2. The van der Waals surface area contributed by atoms with Crippen molar-refractivity contribution < 1.29 is 13.2 Å². The number of anilines is 2. The summed E-state index contributed by atoms with van der Waals surface area (Å²) in [5, 5.41) is 4.89. The average molecular weight is 461 g/mol. The second-order valence-electron chi connectivity index (χ2n) is 6.43. The maximum Gasteiger partial charge on any atom is 0.271 e. The van der Waals surface area contributed by atoms with Gasteiger partial charge in [0, 0.05) is 5.69 Å². The van der Waals surface area contributed by atoms with Gasteiger partial charge in [-0.15, -0.1) is 11.3 Å². The summed E-state index contributed by atoms with van der Waals surface area (Å²) < 4.78 is 27.6. The molecule has 1 amide bonds. The van der Waals surface area contributed by atoms with Crippen LogP contribution in [0.15, 0.2) is 64.2 Å². The SMILES string of the molecule is Cc1ccc(C)c(NC(=S)NNC(=O)c2ccccc2NS(=O)(=O)c2cccs2)c1. The monoisotopic (exact) mass is 460 g/mol. The van der Waals surface area contributed by atoms with E-state index in [2.05, 4.69) is 20.9 Å². The van der Waals surface area contributed by atoms with Gasteiger partial charge in [-0.25, -0.2) is 8.42 Å². The Balaban J connectivity index is 1.67. The number of carbonyl (C=O) groups is 1. The summed E-state index contributed by atoms with van der Waals surface area (Å²) in [6.45, 7) is 3.91. The lowest BCUT2D eigenvalue weighted by Gasteiger charge is -2.15. The highest BCUT2D eigenvalue weighted by atomic mass is 32.2. The number of aryl methyl sites for hydroxylation is 2. The predicted molar refractivity (Wildman–Crippen MR) is 124 cm³/mol. The highest BCUT2D eigenvalue weighted by molar-refractivity contribution is 7.94. The number of hydrogen-bond donors (Lipinski definition) is 4. The third kappa shape index (κ3) is 5.35. The van der Waals surface area contributed by atoms with Gasteiger partial charge in [0.2, 0.25) is 0 Å². The van der Waals surface area contributed by atoms with Gasteiger partial charge in [0.25, 0.3) is 15.9 Å². The first kappa shape index (κ1) is 21.8. The summed E-state index contributed by atoms with van der Waals surface area (Å²) in [6.07, 6.45) is 0. The molecule has 0 aliphatic rings. The average Bonchev–Trinajstić information content (AvgIpc) is 3.25. The molecule has 156 valence electrons. The minimum atomic E-state index is -3.78. The highest BCUT2D eigenvalue weighted by Crippen LogP contribution is 2.22. The van der Waals surface area contributed by atoms with Crippen LogP contribution in [-0.2, 0) is 10.0 Å². The lowest BCUT2D eigenvalue weighted by Crippen LogP contribution is -2.44. The highest BCUT2D eigenvalue weighted by Gasteiger charge is 2.19. The zero-order chi connectivity index (χ0) is 21.7. The van der Waals surface area contributed by atoms with Gasteiger partial charge in [-0.05, 0) is 66.8 Å². The first-order valence-electron chi connectivity index (χ1n) is 8.86. The van der Waals surface area contributed by atoms with Crippen LogP contribution in [0.4, 0.5) is 11.4 Å². The van der Waals surface area contributed by atoms with Crippen molar-refractivity contribution in [1.29, 1.82) is 0 Å². The summed E-state index contributed by atoms with van der Waals surface area (Å²) in [5.74, 6) is -0.537. The van der Waals surface area contributed by atoms with E-state index in [4.69, 9.17) is 12.2 Å². The molecule has 1 aromatic heterocycles. The first-order valence-corrected chi connectivity index (χ1v) is 11.6. The second-order valence-corrected chi connectivity index (χ2v) is 9.70. The number of hydrazine groups is 1. The molecule has 2 aromatic carbocycles. The molecule has 0 aliphatic carbocycles. The van der Waals surface area contributed by atoms with E-state index in [1.165, 1.54) is 18.2 Å². The lowest BCUT2D eigenvalue weighted by atomic mass is 10.1. The molecule has 30 heavy (non-hydrogen) atoms. The standard InChI is InChI=1S/C20H20N4O3S3/c1-13-9-10-14(2)17(12-13)21-20(28)23-22-19(25)15-6-3-4-7-16(15)24-30(26,27)18-8-5-11-29-18/h3-12,24H,1-2H3,(H,22,25)(H2,21,23,28). The summed E-state index contributed by atoms with van der Waals surface area (Å²) in [6, 6.07) is 15.4. The summed E-state index contributed by atoms with van der Waals surface area (Å²) in [5.41, 5.74) is 8.35. The number of amides is 1. The second kappa shape index (κ2) is 9.24. The maximum atomic E-state index is 12.6. The molecule has 0 atom stereocenters. The van der Waals surface area contributed by atoms with Crippen LogP contribution >= 0.6 is 23.6 Å². The number of thiophene rings is 1. The fourth-order valence-electron chi connectivity index (χ4n) is 2.59. The van der Waals surface area contributed by atoms with Crippen molar-refractivity contribution in [2.24, 2.45) is 0 Å². The zero-order valence-corrected chi connectivity index (χ0v) is 18.7. The lowest BCUT2D eigenvalue weighted by molar-refractivity contribution is 0.0945. The maximum absolute atomic E-state index is 12.6. The Bertz CT molecular complexity index is 1180. The largest absolute Gasteiger partial charge is 0.331 e. The van der Waals surface area contributed by atoms with E-state index in [1.807, 2.05) is 32.0 Å². The molecule has 10 heteroatoms. The Kier molecular flexibility index (Phi) is 6.70. The van der Waals surface area contributed by atoms with Crippen LogP contribution in [0, 0.1) is 13.8 Å².